The first-order valence-electron chi connectivity index (χ1n) is 6.09. The minimum Gasteiger partial charge on any atom is -0.335 e. The Morgan fingerprint density at radius 2 is 2.13 bits per heavy atom. The Morgan fingerprint density at radius 1 is 1.27 bits per heavy atom. The predicted octanol–water partition coefficient (Wildman–Crippen LogP) is 2.23. The summed E-state index contributed by atoms with van der Waals surface area (Å²) in [6.07, 6.45) is 8.86. The van der Waals surface area contributed by atoms with E-state index in [2.05, 4.69) is 34.9 Å². The molecule has 0 fully saturated rings. The second-order valence-corrected chi connectivity index (χ2v) is 3.80. The van der Waals surface area contributed by atoms with Crippen molar-refractivity contribution in [3.63, 3.8) is 0 Å². The molecule has 1 N–H and O–H groups in total. The van der Waals surface area contributed by atoms with E-state index in [1.807, 2.05) is 6.20 Å². The van der Waals surface area contributed by atoms with Gasteiger partial charge in [0.25, 0.3) is 0 Å². The molecule has 0 aliphatic rings. The average molecular weight is 209 g/mol. The van der Waals surface area contributed by atoms with Crippen LogP contribution in [0.15, 0.2) is 12.4 Å². The van der Waals surface area contributed by atoms with Crippen molar-refractivity contribution in [1.82, 2.24) is 14.9 Å². The quantitative estimate of drug-likeness (QED) is 0.665. The van der Waals surface area contributed by atoms with Crippen molar-refractivity contribution < 1.29 is 0 Å². The standard InChI is InChI=1S/C12H23N3/c1-3-12-14-9-11-15(12)10-7-5-6-8-13-4-2/h9,11,13H,3-8,10H2,1-2H3. The average Bonchev–Trinajstić information content (AvgIpc) is 2.70. The summed E-state index contributed by atoms with van der Waals surface area (Å²) in [6, 6.07) is 0. The van der Waals surface area contributed by atoms with E-state index in [1.54, 1.807) is 0 Å². The highest BCUT2D eigenvalue weighted by Crippen LogP contribution is 2.03. The van der Waals surface area contributed by atoms with E-state index < -0.39 is 0 Å². The fourth-order valence-corrected chi connectivity index (χ4v) is 1.74. The molecule has 0 atom stereocenters. The first-order valence-corrected chi connectivity index (χ1v) is 6.09. The Hall–Kier alpha value is -0.830. The van der Waals surface area contributed by atoms with E-state index in [0.717, 1.165) is 26.1 Å². The summed E-state index contributed by atoms with van der Waals surface area (Å²) >= 11 is 0. The van der Waals surface area contributed by atoms with Crippen LogP contribution >= 0.6 is 0 Å². The van der Waals surface area contributed by atoms with Crippen LogP contribution in [0.4, 0.5) is 0 Å². The summed E-state index contributed by atoms with van der Waals surface area (Å²) in [5.41, 5.74) is 0. The number of hydrogen-bond donors (Lipinski definition) is 1. The van der Waals surface area contributed by atoms with Gasteiger partial charge in [0.05, 0.1) is 0 Å². The lowest BCUT2D eigenvalue weighted by Crippen LogP contribution is -2.14. The van der Waals surface area contributed by atoms with E-state index in [4.69, 9.17) is 0 Å². The van der Waals surface area contributed by atoms with Gasteiger partial charge in [-0.05, 0) is 25.9 Å². The van der Waals surface area contributed by atoms with Gasteiger partial charge in [0.1, 0.15) is 5.82 Å². The van der Waals surface area contributed by atoms with Crippen LogP contribution < -0.4 is 5.32 Å². The second-order valence-electron chi connectivity index (χ2n) is 3.80. The molecule has 0 unspecified atom stereocenters. The summed E-state index contributed by atoms with van der Waals surface area (Å²) < 4.78 is 2.27. The number of unbranched alkanes of at least 4 members (excludes halogenated alkanes) is 2. The maximum absolute atomic E-state index is 4.31. The van der Waals surface area contributed by atoms with Crippen LogP contribution in [0, 0.1) is 0 Å². The highest BCUT2D eigenvalue weighted by Gasteiger charge is 1.98. The molecule has 1 rings (SSSR count). The number of aromatic nitrogens is 2. The molecule has 3 heteroatoms. The molecule has 0 aliphatic heterocycles. The van der Waals surface area contributed by atoms with Crippen LogP contribution in [-0.4, -0.2) is 22.6 Å². The van der Waals surface area contributed by atoms with Gasteiger partial charge in [0.2, 0.25) is 0 Å². The predicted molar refractivity (Wildman–Crippen MR) is 64.0 cm³/mol. The van der Waals surface area contributed by atoms with E-state index >= 15 is 0 Å². The lowest BCUT2D eigenvalue weighted by atomic mass is 10.2. The third-order valence-corrected chi connectivity index (χ3v) is 2.62. The van der Waals surface area contributed by atoms with E-state index in [9.17, 15) is 0 Å². The lowest BCUT2D eigenvalue weighted by Gasteiger charge is -2.06. The lowest BCUT2D eigenvalue weighted by molar-refractivity contribution is 0.553. The summed E-state index contributed by atoms with van der Waals surface area (Å²) in [6.45, 7) is 7.67. The number of hydrogen-bond acceptors (Lipinski definition) is 2. The van der Waals surface area contributed by atoms with Gasteiger partial charge in [0.15, 0.2) is 0 Å². The molecule has 86 valence electrons. The topological polar surface area (TPSA) is 29.9 Å². The van der Waals surface area contributed by atoms with Crippen LogP contribution in [-0.2, 0) is 13.0 Å². The van der Waals surface area contributed by atoms with E-state index in [-0.39, 0.29) is 0 Å². The zero-order chi connectivity index (χ0) is 10.9. The van der Waals surface area contributed by atoms with Crippen molar-refractivity contribution in [2.75, 3.05) is 13.1 Å². The summed E-state index contributed by atoms with van der Waals surface area (Å²) in [5.74, 6) is 1.21. The SMILES string of the molecule is CCNCCCCCn1ccnc1CC. The smallest absolute Gasteiger partial charge is 0.108 e. The number of imidazole rings is 1. The molecule has 0 saturated carbocycles. The van der Waals surface area contributed by atoms with Crippen LogP contribution in [0.5, 0.6) is 0 Å². The molecule has 1 aromatic heterocycles. The normalized spacial score (nSPS) is 10.8. The summed E-state index contributed by atoms with van der Waals surface area (Å²) in [5, 5.41) is 3.35. The molecule has 1 heterocycles. The largest absolute Gasteiger partial charge is 0.335 e. The van der Waals surface area contributed by atoms with Crippen LogP contribution in [0.25, 0.3) is 0 Å². The fourth-order valence-electron chi connectivity index (χ4n) is 1.74. The molecule has 0 spiro atoms. The Balaban J connectivity index is 2.09. The molecule has 0 bridgehead atoms. The first-order chi connectivity index (χ1) is 7.38. The molecule has 15 heavy (non-hydrogen) atoms. The molecule has 1 aromatic rings. The Bertz CT molecular complexity index is 255. The minimum absolute atomic E-state index is 1.03. The maximum atomic E-state index is 4.31. The molecule has 0 amide bonds. The zero-order valence-electron chi connectivity index (χ0n) is 10.00. The van der Waals surface area contributed by atoms with Gasteiger partial charge in [-0.1, -0.05) is 20.3 Å². The van der Waals surface area contributed by atoms with Crippen molar-refractivity contribution in [2.24, 2.45) is 0 Å². The van der Waals surface area contributed by atoms with Gasteiger partial charge in [0, 0.05) is 25.4 Å². The Kier molecular flexibility index (Phi) is 6.09. The van der Waals surface area contributed by atoms with Crippen LogP contribution in [0.3, 0.4) is 0 Å². The van der Waals surface area contributed by atoms with Crippen molar-refractivity contribution in [1.29, 1.82) is 0 Å². The Labute approximate surface area is 92.9 Å². The molecular formula is C12H23N3. The van der Waals surface area contributed by atoms with Gasteiger partial charge in [-0.25, -0.2) is 4.98 Å². The molecule has 0 aliphatic carbocycles. The summed E-state index contributed by atoms with van der Waals surface area (Å²) in [7, 11) is 0. The van der Waals surface area contributed by atoms with Crippen molar-refractivity contribution in [2.45, 2.75) is 46.1 Å². The summed E-state index contributed by atoms with van der Waals surface area (Å²) in [4.78, 5) is 4.31. The number of nitrogens with zero attached hydrogens (tertiary/aromatic N) is 2. The van der Waals surface area contributed by atoms with E-state index in [1.165, 1.54) is 25.1 Å². The molecule has 3 nitrogen and oxygen atoms in total. The van der Waals surface area contributed by atoms with Crippen molar-refractivity contribution >= 4 is 0 Å². The number of nitrogens with one attached hydrogen (secondary N) is 1. The van der Waals surface area contributed by atoms with Gasteiger partial charge in [-0.2, -0.15) is 0 Å². The molecule has 0 saturated heterocycles. The third-order valence-electron chi connectivity index (χ3n) is 2.62. The number of rotatable bonds is 8. The van der Waals surface area contributed by atoms with Gasteiger partial charge in [-0.3, -0.25) is 0 Å². The maximum Gasteiger partial charge on any atom is 0.108 e. The molecule has 0 aromatic carbocycles. The third kappa shape index (κ3) is 4.47. The molecular weight excluding hydrogens is 186 g/mol. The second kappa shape index (κ2) is 7.46. The first kappa shape index (κ1) is 12.2. The highest BCUT2D eigenvalue weighted by molar-refractivity contribution is 4.91. The van der Waals surface area contributed by atoms with Gasteiger partial charge >= 0.3 is 0 Å². The van der Waals surface area contributed by atoms with E-state index in [0.29, 0.717) is 0 Å². The van der Waals surface area contributed by atoms with Crippen molar-refractivity contribution in [3.05, 3.63) is 18.2 Å². The van der Waals surface area contributed by atoms with Gasteiger partial charge in [-0.15, -0.1) is 0 Å². The Morgan fingerprint density at radius 3 is 2.87 bits per heavy atom. The van der Waals surface area contributed by atoms with Crippen LogP contribution in [0.1, 0.15) is 38.9 Å². The zero-order valence-corrected chi connectivity index (χ0v) is 10.00. The molecule has 0 radical (unpaired) electrons. The van der Waals surface area contributed by atoms with Crippen LogP contribution in [0.2, 0.25) is 0 Å². The highest BCUT2D eigenvalue weighted by atomic mass is 15.1. The number of aryl methyl sites for hydroxylation is 2. The fraction of sp³-hybridized carbons (Fsp3) is 0.750. The van der Waals surface area contributed by atoms with Gasteiger partial charge < -0.3 is 9.88 Å². The minimum atomic E-state index is 1.03. The monoisotopic (exact) mass is 209 g/mol. The van der Waals surface area contributed by atoms with Crippen molar-refractivity contribution in [3.8, 4) is 0 Å².